The molecule has 6 nitrogen and oxygen atoms in total. The number of rotatable bonds is 4. The van der Waals surface area contributed by atoms with Crippen molar-refractivity contribution in [3.8, 4) is 0 Å². The van der Waals surface area contributed by atoms with Gasteiger partial charge in [-0.15, -0.1) is 0 Å². The summed E-state index contributed by atoms with van der Waals surface area (Å²) in [5, 5.41) is 9.42. The number of hydrogen-bond donors (Lipinski definition) is 1. The Hall–Kier alpha value is -1.60. The number of anilines is 1. The zero-order valence-electron chi connectivity index (χ0n) is 11.0. The summed E-state index contributed by atoms with van der Waals surface area (Å²) in [6.07, 6.45) is 0.227. The number of amides is 1. The molecule has 1 aromatic rings. The van der Waals surface area contributed by atoms with Crippen molar-refractivity contribution in [3.63, 3.8) is 0 Å². The van der Waals surface area contributed by atoms with Crippen molar-refractivity contribution in [2.24, 2.45) is 5.92 Å². The van der Waals surface area contributed by atoms with E-state index in [1.807, 2.05) is 0 Å². The molecule has 1 aromatic carbocycles. The van der Waals surface area contributed by atoms with Gasteiger partial charge < -0.3 is 10.0 Å². The summed E-state index contributed by atoms with van der Waals surface area (Å²) < 4.78 is 22.9. The third-order valence-corrected chi connectivity index (χ3v) is 5.30. The molecule has 1 amide bonds. The number of carbonyl (C=O) groups excluding carboxylic acids is 1. The van der Waals surface area contributed by atoms with Crippen molar-refractivity contribution in [2.45, 2.75) is 6.42 Å². The van der Waals surface area contributed by atoms with Crippen LogP contribution in [0.5, 0.6) is 0 Å². The Morgan fingerprint density at radius 2 is 1.90 bits per heavy atom. The van der Waals surface area contributed by atoms with Crippen molar-refractivity contribution in [1.82, 2.24) is 0 Å². The van der Waals surface area contributed by atoms with Crippen molar-refractivity contribution in [2.75, 3.05) is 23.0 Å². The standard InChI is InChI=1S/C13H14ClNO5S/c14-10-1-3-11(4-2-10)15(7-12(16)17)13(18)9-5-6-21(19,20)8-9/h1-4,9H,5-8H2,(H,16,17). The molecule has 1 aliphatic rings. The fourth-order valence-electron chi connectivity index (χ4n) is 2.26. The van der Waals surface area contributed by atoms with E-state index >= 15 is 0 Å². The molecule has 1 heterocycles. The van der Waals surface area contributed by atoms with Gasteiger partial charge in [-0.1, -0.05) is 11.6 Å². The number of carbonyl (C=O) groups is 2. The van der Waals surface area contributed by atoms with Crippen LogP contribution in [0.15, 0.2) is 24.3 Å². The monoisotopic (exact) mass is 331 g/mol. The lowest BCUT2D eigenvalue weighted by Crippen LogP contribution is -2.40. The highest BCUT2D eigenvalue weighted by atomic mass is 35.5. The number of aliphatic carboxylic acids is 1. The van der Waals surface area contributed by atoms with Gasteiger partial charge in [0, 0.05) is 10.7 Å². The van der Waals surface area contributed by atoms with E-state index in [0.717, 1.165) is 4.90 Å². The molecule has 0 aromatic heterocycles. The number of carboxylic acids is 1. The predicted molar refractivity (Wildman–Crippen MR) is 78.2 cm³/mol. The summed E-state index contributed by atoms with van der Waals surface area (Å²) in [5.74, 6) is -2.61. The molecule has 1 atom stereocenters. The number of benzene rings is 1. The highest BCUT2D eigenvalue weighted by Gasteiger charge is 2.36. The third-order valence-electron chi connectivity index (χ3n) is 3.28. The van der Waals surface area contributed by atoms with Crippen molar-refractivity contribution in [1.29, 1.82) is 0 Å². The smallest absolute Gasteiger partial charge is 0.323 e. The van der Waals surface area contributed by atoms with Crippen LogP contribution in [0.1, 0.15) is 6.42 Å². The second-order valence-corrected chi connectivity index (χ2v) is 7.56. The van der Waals surface area contributed by atoms with E-state index in [-0.39, 0.29) is 17.9 Å². The Bertz CT molecular complexity index is 656. The number of carboxylic acid groups (broad SMARTS) is 1. The SMILES string of the molecule is O=C(O)CN(C(=O)C1CCS(=O)(=O)C1)c1ccc(Cl)cc1. The molecule has 0 radical (unpaired) electrons. The van der Waals surface area contributed by atoms with E-state index in [1.165, 1.54) is 12.1 Å². The first-order chi connectivity index (χ1) is 9.78. The van der Waals surface area contributed by atoms with Crippen LogP contribution in [-0.2, 0) is 19.4 Å². The number of halogens is 1. The lowest BCUT2D eigenvalue weighted by molar-refractivity contribution is -0.137. The van der Waals surface area contributed by atoms with Crippen LogP contribution in [0.3, 0.4) is 0 Å². The Labute approximate surface area is 127 Å². The maximum absolute atomic E-state index is 12.4. The highest BCUT2D eigenvalue weighted by Crippen LogP contribution is 2.25. The molecule has 21 heavy (non-hydrogen) atoms. The second-order valence-electron chi connectivity index (χ2n) is 4.89. The summed E-state index contributed by atoms with van der Waals surface area (Å²) in [7, 11) is -3.21. The van der Waals surface area contributed by atoms with Crippen LogP contribution in [0.25, 0.3) is 0 Å². The normalized spacial score (nSPS) is 20.1. The van der Waals surface area contributed by atoms with Gasteiger partial charge >= 0.3 is 5.97 Å². The van der Waals surface area contributed by atoms with Gasteiger partial charge in [0.1, 0.15) is 6.54 Å². The molecule has 0 saturated carbocycles. The molecule has 1 saturated heterocycles. The molecule has 1 fully saturated rings. The lowest BCUT2D eigenvalue weighted by atomic mass is 10.1. The molecule has 8 heteroatoms. The molecule has 114 valence electrons. The summed E-state index contributed by atoms with van der Waals surface area (Å²) in [5.41, 5.74) is 0.385. The average Bonchev–Trinajstić information content (AvgIpc) is 2.76. The Morgan fingerprint density at radius 3 is 2.38 bits per heavy atom. The first kappa shape index (κ1) is 15.8. The van der Waals surface area contributed by atoms with E-state index in [1.54, 1.807) is 12.1 Å². The van der Waals surface area contributed by atoms with Gasteiger partial charge in [0.05, 0.1) is 17.4 Å². The number of sulfone groups is 1. The van der Waals surface area contributed by atoms with Gasteiger partial charge in [0.15, 0.2) is 9.84 Å². The number of nitrogens with zero attached hydrogens (tertiary/aromatic N) is 1. The first-order valence-corrected chi connectivity index (χ1v) is 8.47. The Balaban J connectivity index is 2.25. The zero-order chi connectivity index (χ0) is 15.6. The minimum Gasteiger partial charge on any atom is -0.480 e. The van der Waals surface area contributed by atoms with Gasteiger partial charge in [-0.3, -0.25) is 9.59 Å². The molecular formula is C13H14ClNO5S. The third kappa shape index (κ3) is 3.95. The molecule has 0 spiro atoms. The highest BCUT2D eigenvalue weighted by molar-refractivity contribution is 7.91. The minimum atomic E-state index is -3.21. The lowest BCUT2D eigenvalue weighted by Gasteiger charge is -2.23. The summed E-state index contributed by atoms with van der Waals surface area (Å²) in [6, 6.07) is 6.16. The molecule has 2 rings (SSSR count). The molecule has 0 aliphatic carbocycles. The molecule has 1 N–H and O–H groups in total. The predicted octanol–water partition coefficient (Wildman–Crippen LogP) is 1.19. The molecular weight excluding hydrogens is 318 g/mol. The van der Waals surface area contributed by atoms with Crippen molar-refractivity contribution in [3.05, 3.63) is 29.3 Å². The second kappa shape index (κ2) is 6.03. The topological polar surface area (TPSA) is 91.8 Å². The first-order valence-electron chi connectivity index (χ1n) is 6.28. The van der Waals surface area contributed by atoms with Crippen LogP contribution in [0.4, 0.5) is 5.69 Å². The fourth-order valence-corrected chi connectivity index (χ4v) is 4.12. The van der Waals surface area contributed by atoms with Crippen LogP contribution in [0.2, 0.25) is 5.02 Å². The zero-order valence-corrected chi connectivity index (χ0v) is 12.6. The number of hydrogen-bond acceptors (Lipinski definition) is 4. The maximum atomic E-state index is 12.4. The van der Waals surface area contributed by atoms with E-state index in [2.05, 4.69) is 0 Å². The van der Waals surface area contributed by atoms with E-state index in [9.17, 15) is 18.0 Å². The van der Waals surface area contributed by atoms with Gasteiger partial charge in [0.25, 0.3) is 0 Å². The summed E-state index contributed by atoms with van der Waals surface area (Å²) in [4.78, 5) is 24.5. The quantitative estimate of drug-likeness (QED) is 0.894. The fraction of sp³-hybridized carbons (Fsp3) is 0.385. The van der Waals surface area contributed by atoms with Crippen molar-refractivity contribution >= 4 is 39.0 Å². The van der Waals surface area contributed by atoms with Crippen LogP contribution >= 0.6 is 11.6 Å². The average molecular weight is 332 g/mol. The van der Waals surface area contributed by atoms with Gasteiger partial charge in [-0.2, -0.15) is 0 Å². The van der Waals surface area contributed by atoms with E-state index in [4.69, 9.17) is 16.7 Å². The van der Waals surface area contributed by atoms with Crippen molar-refractivity contribution < 1.29 is 23.1 Å². The largest absolute Gasteiger partial charge is 0.480 e. The summed E-state index contributed by atoms with van der Waals surface area (Å²) in [6.45, 7) is -0.517. The van der Waals surface area contributed by atoms with Crippen LogP contribution in [0, 0.1) is 5.92 Å². The van der Waals surface area contributed by atoms with E-state index in [0.29, 0.717) is 10.7 Å². The minimum absolute atomic E-state index is 0.0368. The van der Waals surface area contributed by atoms with Crippen LogP contribution in [-0.4, -0.2) is 43.5 Å². The Morgan fingerprint density at radius 1 is 1.29 bits per heavy atom. The van der Waals surface area contributed by atoms with E-state index < -0.39 is 34.2 Å². The van der Waals surface area contributed by atoms with Gasteiger partial charge in [0.2, 0.25) is 5.91 Å². The van der Waals surface area contributed by atoms with Crippen LogP contribution < -0.4 is 4.90 Å². The Kier molecular flexibility index (Phi) is 4.53. The molecule has 0 bridgehead atoms. The van der Waals surface area contributed by atoms with Gasteiger partial charge in [-0.05, 0) is 30.7 Å². The molecule has 1 unspecified atom stereocenters. The maximum Gasteiger partial charge on any atom is 0.323 e. The summed E-state index contributed by atoms with van der Waals surface area (Å²) >= 11 is 5.77. The molecule has 1 aliphatic heterocycles. The van der Waals surface area contributed by atoms with Gasteiger partial charge in [-0.25, -0.2) is 8.42 Å².